The van der Waals surface area contributed by atoms with Gasteiger partial charge < -0.3 is 83.1 Å². The predicted molar refractivity (Wildman–Crippen MR) is 274 cm³/mol. The van der Waals surface area contributed by atoms with Crippen LogP contribution in [0.5, 0.6) is 23.0 Å². The Morgan fingerprint density at radius 3 is 2.02 bits per heavy atom. The number of ketones is 2. The van der Waals surface area contributed by atoms with Gasteiger partial charge in [0.15, 0.2) is 42.5 Å². The number of carbonyl (C=O) groups excluding carboxylic acids is 8. The molecule has 2 heterocycles. The number of halogens is 1. The molecule has 0 bridgehead atoms. The first-order valence-electron chi connectivity index (χ1n) is 25.5. The summed E-state index contributed by atoms with van der Waals surface area (Å²) in [5, 5.41) is 63.4. The number of alkyl halides is 1. The Hall–Kier alpha value is -8.27. The van der Waals surface area contributed by atoms with E-state index in [1.165, 1.54) is 41.0 Å². The molecule has 2 amide bonds. The summed E-state index contributed by atoms with van der Waals surface area (Å²) in [5.74, 6) is -9.35. The third-order valence-corrected chi connectivity index (χ3v) is 14.3. The number of carbonyl (C=O) groups is 8. The van der Waals surface area contributed by atoms with Crippen LogP contribution < -0.4 is 10.1 Å². The van der Waals surface area contributed by atoms with Crippen molar-refractivity contribution in [2.45, 2.75) is 128 Å². The van der Waals surface area contributed by atoms with Gasteiger partial charge in [0.1, 0.15) is 72.8 Å². The van der Waals surface area contributed by atoms with Crippen LogP contribution in [-0.2, 0) is 68.4 Å². The number of likely N-dealkylation sites (N-methyl/N-ethyl adjacent to an activating group) is 1. The molecule has 2 fully saturated rings. The van der Waals surface area contributed by atoms with Crippen molar-refractivity contribution in [3.05, 3.63) is 105 Å². The molecule has 26 heteroatoms. The molecule has 4 aromatic rings. The number of nitrogens with one attached hydrogen (secondary N) is 1. The van der Waals surface area contributed by atoms with Crippen LogP contribution in [0.3, 0.4) is 0 Å². The minimum atomic E-state index is -2.57. The number of aliphatic hydroxyl groups excluding tert-OH is 2. The Bertz CT molecular complexity index is 3230. The molecule has 438 valence electrons. The van der Waals surface area contributed by atoms with Gasteiger partial charge in [-0.05, 0) is 55.2 Å². The molecule has 0 aromatic heterocycles. The quantitative estimate of drug-likeness (QED) is 0.0644. The highest BCUT2D eigenvalue weighted by atomic mass is 19.1. The van der Waals surface area contributed by atoms with Crippen molar-refractivity contribution in [2.24, 2.45) is 0 Å². The lowest BCUT2D eigenvalue weighted by Gasteiger charge is -2.49. The van der Waals surface area contributed by atoms with Crippen molar-refractivity contribution in [1.29, 1.82) is 0 Å². The van der Waals surface area contributed by atoms with Crippen LogP contribution in [0.1, 0.15) is 111 Å². The third-order valence-electron chi connectivity index (χ3n) is 14.3. The van der Waals surface area contributed by atoms with Crippen LogP contribution in [0.25, 0.3) is 11.1 Å². The van der Waals surface area contributed by atoms with Crippen molar-refractivity contribution in [3.8, 4) is 34.1 Å². The minimum absolute atomic E-state index is 0.0302. The van der Waals surface area contributed by atoms with E-state index in [1.807, 2.05) is 0 Å². The van der Waals surface area contributed by atoms with Crippen LogP contribution in [0, 0.1) is 6.92 Å². The topological polar surface area (TPSA) is 345 Å². The number of ether oxygens (including phenoxy) is 10. The van der Waals surface area contributed by atoms with E-state index >= 15 is 4.39 Å². The Balaban J connectivity index is 1.24. The van der Waals surface area contributed by atoms with E-state index in [2.05, 4.69) is 5.32 Å². The molecule has 8 rings (SSSR count). The number of aromatic hydroxyl groups is 3. The zero-order chi connectivity index (χ0) is 59.9. The number of nitrogens with zero attached hydrogens (tertiary/aromatic N) is 1. The normalized spacial score (nSPS) is 25.6. The lowest BCUT2D eigenvalue weighted by Crippen LogP contribution is -2.67. The highest BCUT2D eigenvalue weighted by Crippen LogP contribution is 2.57. The molecule has 0 saturated carbocycles. The van der Waals surface area contributed by atoms with E-state index < -0.39 is 190 Å². The fourth-order valence-corrected chi connectivity index (χ4v) is 10.6. The molecule has 82 heavy (non-hydrogen) atoms. The highest BCUT2D eigenvalue weighted by Gasteiger charge is 2.57. The molecule has 6 N–H and O–H groups in total. The van der Waals surface area contributed by atoms with Crippen LogP contribution in [-0.4, -0.2) is 173 Å². The van der Waals surface area contributed by atoms with Gasteiger partial charge in [-0.15, -0.1) is 0 Å². The average Bonchev–Trinajstić information content (AvgIpc) is 1.04. The van der Waals surface area contributed by atoms with E-state index in [-0.39, 0.29) is 29.0 Å². The van der Waals surface area contributed by atoms with Gasteiger partial charge in [-0.3, -0.25) is 28.8 Å². The summed E-state index contributed by atoms with van der Waals surface area (Å²) >= 11 is 0. The van der Waals surface area contributed by atoms with Crippen LogP contribution in [0.4, 0.5) is 9.18 Å². The molecule has 0 unspecified atom stereocenters. The molecule has 0 spiro atoms. The van der Waals surface area contributed by atoms with Crippen molar-refractivity contribution in [1.82, 2.24) is 10.2 Å². The van der Waals surface area contributed by atoms with Crippen LogP contribution in [0.2, 0.25) is 0 Å². The number of hydrogen-bond acceptors (Lipinski definition) is 23. The van der Waals surface area contributed by atoms with Gasteiger partial charge in [-0.2, -0.15) is 0 Å². The molecule has 25 nitrogen and oxygen atoms in total. The Morgan fingerprint density at radius 2 is 1.39 bits per heavy atom. The van der Waals surface area contributed by atoms with Crippen molar-refractivity contribution in [3.63, 3.8) is 0 Å². The zero-order valence-electron chi connectivity index (χ0n) is 45.5. The summed E-state index contributed by atoms with van der Waals surface area (Å²) in [6.07, 6.45) is -22.6. The number of methoxy groups -OCH3 is 2. The molecular weight excluding hydrogens is 1090 g/mol. The number of rotatable bonds is 15. The Morgan fingerprint density at radius 1 is 0.756 bits per heavy atom. The molecule has 0 radical (unpaired) electrons. The molecular formula is C56H59FN2O23. The van der Waals surface area contributed by atoms with Gasteiger partial charge in [0.25, 0.3) is 5.91 Å². The number of fused-ring (bicyclic) bond motifs is 5. The Kier molecular flexibility index (Phi) is 17.6. The third kappa shape index (κ3) is 11.4. The summed E-state index contributed by atoms with van der Waals surface area (Å²) in [6.45, 7) is 6.06. The molecule has 2 aliphatic carbocycles. The summed E-state index contributed by atoms with van der Waals surface area (Å²) < 4.78 is 73.5. The maximum atomic E-state index is 17.1. The lowest BCUT2D eigenvalue weighted by atomic mass is 9.74. The summed E-state index contributed by atoms with van der Waals surface area (Å²) in [4.78, 5) is 107. The van der Waals surface area contributed by atoms with Gasteiger partial charge in [-0.25, -0.2) is 14.0 Å². The highest BCUT2D eigenvalue weighted by molar-refractivity contribution is 6.31. The number of phenolic OH excluding ortho intramolecular Hbond substituents is 3. The SMILES string of the molecule is COC(=O)[C@@H](C)NC(=O)c1c(C)cc2c(c1O)-c1c(cc3c(c1O)C(=O)c1cc(OC)cc(O)c1C3=O)[C@H](O)[C@H]2O[C@@H]1O[C@H](C)[C@H](N(C)C(=O)OCc2ccccc2)[C@H](O[C@@H]2O[C@H](COC(C)=O)[C@@H](OC(C)=O)[C@H](OC(C)=O)[C@H]2F)[C@H]1O. The van der Waals surface area contributed by atoms with Gasteiger partial charge in [0, 0.05) is 56.1 Å². The summed E-state index contributed by atoms with van der Waals surface area (Å²) in [6, 6.07) is 10.2. The average molecular weight is 1150 g/mol. The van der Waals surface area contributed by atoms with E-state index in [1.54, 1.807) is 30.3 Å². The van der Waals surface area contributed by atoms with Gasteiger partial charge in [0.05, 0.1) is 43.1 Å². The second-order valence-corrected chi connectivity index (χ2v) is 19.8. The molecule has 4 aromatic carbocycles. The first-order chi connectivity index (χ1) is 38.8. The number of aliphatic hydroxyl groups is 2. The number of phenols is 3. The maximum absolute atomic E-state index is 17.1. The van der Waals surface area contributed by atoms with E-state index in [0.717, 1.165) is 51.0 Å². The smallest absolute Gasteiger partial charge is 0.410 e. The number of aryl methyl sites for hydroxylation is 1. The first-order valence-corrected chi connectivity index (χ1v) is 25.5. The molecule has 2 aliphatic heterocycles. The maximum Gasteiger partial charge on any atom is 0.410 e. The largest absolute Gasteiger partial charge is 0.507 e. The number of amides is 2. The standard InChI is InChI=1S/C56H59FN2O23/c1-21-15-32-38(45(67)35(21)52(70)58-22(2)53(71)74-9)37-30(18-31-39(46(37)68)43(65)29-16-28(73-8)17-33(63)36(29)42(31)64)44(66)48(32)81-55-47(69)51(41(23(3)77-55)59(7)56(72)76-19-27-13-11-10-12-14-27)82-54-40(57)50(79-26(6)62)49(78-25(5)61)34(80-54)20-75-24(4)60/h10-18,22-23,34,40-41,44,47-51,54-55,63,66-69H,19-20H2,1-9H3,(H,58,70)/t22-,23-,34-,40-,41+,44+,47-,48+,49-,50-,51+,54+,55+/m1/s1. The number of hydrogen-bond donors (Lipinski definition) is 6. The summed E-state index contributed by atoms with van der Waals surface area (Å²) in [5.41, 5.74) is -3.57. The monoisotopic (exact) mass is 1150 g/mol. The Labute approximate surface area is 466 Å². The van der Waals surface area contributed by atoms with Crippen molar-refractivity contribution >= 4 is 47.4 Å². The van der Waals surface area contributed by atoms with Crippen LogP contribution >= 0.6 is 0 Å². The number of esters is 4. The van der Waals surface area contributed by atoms with Crippen molar-refractivity contribution in [2.75, 3.05) is 27.9 Å². The molecule has 13 atom stereocenters. The fourth-order valence-electron chi connectivity index (χ4n) is 10.6. The summed E-state index contributed by atoms with van der Waals surface area (Å²) in [7, 11) is 3.57. The van der Waals surface area contributed by atoms with Gasteiger partial charge in [0.2, 0.25) is 0 Å². The van der Waals surface area contributed by atoms with E-state index in [9.17, 15) is 63.9 Å². The van der Waals surface area contributed by atoms with E-state index in [4.69, 9.17) is 47.4 Å². The first kappa shape index (κ1) is 59.8. The van der Waals surface area contributed by atoms with Crippen LogP contribution in [0.15, 0.2) is 54.6 Å². The predicted octanol–water partition coefficient (Wildman–Crippen LogP) is 3.58. The van der Waals surface area contributed by atoms with Gasteiger partial charge in [-0.1, -0.05) is 36.4 Å². The second-order valence-electron chi connectivity index (χ2n) is 19.8. The van der Waals surface area contributed by atoms with E-state index in [0.29, 0.717) is 5.56 Å². The number of benzene rings is 4. The van der Waals surface area contributed by atoms with Gasteiger partial charge >= 0.3 is 30.0 Å². The second kappa shape index (κ2) is 24.1. The molecule has 4 aliphatic rings. The fraction of sp³-hybridized carbons (Fsp3) is 0.429. The minimum Gasteiger partial charge on any atom is -0.507 e. The zero-order valence-corrected chi connectivity index (χ0v) is 45.5. The molecule has 2 saturated heterocycles. The van der Waals surface area contributed by atoms with Crippen molar-refractivity contribution < 1.29 is 116 Å². The lowest BCUT2D eigenvalue weighted by molar-refractivity contribution is -0.350.